The quantitative estimate of drug-likeness (QED) is 0.352. The van der Waals surface area contributed by atoms with Crippen LogP contribution in [0, 0.1) is 0 Å². The average Bonchev–Trinajstić information content (AvgIpc) is 3.37. The first-order chi connectivity index (χ1) is 18.6. The highest BCUT2D eigenvalue weighted by Gasteiger charge is 2.29. The molecule has 202 valence electrons. The van der Waals surface area contributed by atoms with Crippen molar-refractivity contribution in [2.45, 2.75) is 17.7 Å². The number of nitrogens with zero attached hydrogens (tertiary/aromatic N) is 3. The first-order valence-corrected chi connectivity index (χ1v) is 13.7. The first-order valence-electron chi connectivity index (χ1n) is 11.5. The van der Waals surface area contributed by atoms with Crippen molar-refractivity contribution in [1.82, 2.24) is 14.5 Å². The number of benzene rings is 2. The van der Waals surface area contributed by atoms with Gasteiger partial charge in [-0.05, 0) is 55.3 Å². The Labute approximate surface area is 234 Å². The third-order valence-corrected chi connectivity index (χ3v) is 8.21. The third-order valence-electron chi connectivity index (χ3n) is 5.72. The molecule has 14 heteroatoms. The Bertz CT molecular complexity index is 1560. The molecular weight excluding hydrogens is 567 g/mol. The number of carbonyl (C=O) groups is 3. The SMILES string of the molecule is C=CC(=O)Nc1ccc(S(=O)(=O)N2CCC/C(=N/C(=O)c3n[nH]cc3NC(=O)c3c(Cl)cccc3Cl)C2)cc1. The Morgan fingerprint density at radius 1 is 1.08 bits per heavy atom. The van der Waals surface area contributed by atoms with Gasteiger partial charge in [0.15, 0.2) is 5.69 Å². The van der Waals surface area contributed by atoms with Crippen molar-refractivity contribution in [2.24, 2.45) is 4.99 Å². The number of aromatic nitrogens is 2. The molecule has 1 aliphatic heterocycles. The van der Waals surface area contributed by atoms with Crippen LogP contribution in [0.3, 0.4) is 0 Å². The second-order valence-electron chi connectivity index (χ2n) is 8.34. The normalized spacial score (nSPS) is 15.1. The van der Waals surface area contributed by atoms with Gasteiger partial charge in [-0.15, -0.1) is 0 Å². The van der Waals surface area contributed by atoms with Gasteiger partial charge in [0.25, 0.3) is 11.8 Å². The molecule has 0 bridgehead atoms. The number of aliphatic imine (C=N–C) groups is 1. The van der Waals surface area contributed by atoms with Crippen LogP contribution in [0.25, 0.3) is 0 Å². The summed E-state index contributed by atoms with van der Waals surface area (Å²) in [6.45, 7) is 3.52. The zero-order chi connectivity index (χ0) is 28.2. The number of rotatable bonds is 7. The van der Waals surface area contributed by atoms with E-state index in [2.05, 4.69) is 32.4 Å². The average molecular weight is 589 g/mol. The van der Waals surface area contributed by atoms with Crippen molar-refractivity contribution in [3.8, 4) is 0 Å². The maximum Gasteiger partial charge on any atom is 0.299 e. The number of hydrogen-bond acceptors (Lipinski definition) is 6. The van der Waals surface area contributed by atoms with Crippen molar-refractivity contribution in [1.29, 1.82) is 0 Å². The summed E-state index contributed by atoms with van der Waals surface area (Å²) in [5.74, 6) is -1.81. The Kier molecular flexibility index (Phi) is 8.60. The van der Waals surface area contributed by atoms with Crippen LogP contribution >= 0.6 is 23.2 Å². The number of sulfonamides is 1. The lowest BCUT2D eigenvalue weighted by molar-refractivity contribution is -0.111. The fourth-order valence-electron chi connectivity index (χ4n) is 3.81. The number of piperidine rings is 1. The molecule has 11 nitrogen and oxygen atoms in total. The number of carbonyl (C=O) groups excluding carboxylic acids is 3. The Hall–Kier alpha value is -3.84. The van der Waals surface area contributed by atoms with E-state index in [0.717, 1.165) is 6.08 Å². The van der Waals surface area contributed by atoms with Crippen LogP contribution < -0.4 is 10.6 Å². The number of aromatic amines is 1. The molecule has 3 N–H and O–H groups in total. The molecule has 3 amide bonds. The van der Waals surface area contributed by atoms with Crippen LogP contribution in [-0.4, -0.2) is 59.4 Å². The largest absolute Gasteiger partial charge is 0.323 e. The molecule has 39 heavy (non-hydrogen) atoms. The summed E-state index contributed by atoms with van der Waals surface area (Å²) in [4.78, 5) is 41.2. The monoisotopic (exact) mass is 588 g/mol. The molecule has 0 unspecified atom stereocenters. The molecule has 2 heterocycles. The summed E-state index contributed by atoms with van der Waals surface area (Å²) in [6, 6.07) is 10.3. The molecule has 4 rings (SSSR count). The molecule has 1 fully saturated rings. The number of nitrogens with one attached hydrogen (secondary N) is 3. The van der Waals surface area contributed by atoms with Gasteiger partial charge < -0.3 is 10.6 Å². The van der Waals surface area contributed by atoms with Crippen LogP contribution in [0.2, 0.25) is 10.0 Å². The van der Waals surface area contributed by atoms with Crippen LogP contribution in [0.1, 0.15) is 33.7 Å². The predicted octanol–water partition coefficient (Wildman–Crippen LogP) is 4.16. The smallest absolute Gasteiger partial charge is 0.299 e. The van der Waals surface area contributed by atoms with Crippen molar-refractivity contribution in [3.63, 3.8) is 0 Å². The third kappa shape index (κ3) is 6.42. The van der Waals surface area contributed by atoms with Crippen LogP contribution in [-0.2, 0) is 14.8 Å². The standard InChI is InChI=1S/C25H22Cl2N6O5S/c1-2-21(34)29-15-8-10-17(11-9-15)39(37,38)33-12-4-5-16(14-33)30-25(36)23-20(13-28-32-23)31-24(35)22-18(26)6-3-7-19(22)27/h2-3,6-11,13H,1,4-5,12,14H2,(H,28,32)(H,29,34)(H,31,35)/b30-16-. The highest BCUT2D eigenvalue weighted by atomic mass is 35.5. The van der Waals surface area contributed by atoms with E-state index in [0.29, 0.717) is 24.2 Å². The van der Waals surface area contributed by atoms with Crippen LogP contribution in [0.4, 0.5) is 11.4 Å². The molecular formula is C25H22Cl2N6O5S. The van der Waals surface area contributed by atoms with Gasteiger partial charge in [-0.1, -0.05) is 35.8 Å². The molecule has 2 aromatic carbocycles. The van der Waals surface area contributed by atoms with E-state index in [1.54, 1.807) is 6.07 Å². The van der Waals surface area contributed by atoms with Crippen LogP contribution in [0.15, 0.2) is 71.2 Å². The molecule has 1 aliphatic rings. The molecule has 0 aliphatic carbocycles. The lowest BCUT2D eigenvalue weighted by atomic mass is 10.1. The van der Waals surface area contributed by atoms with E-state index in [-0.39, 0.29) is 45.0 Å². The minimum atomic E-state index is -3.89. The molecule has 0 radical (unpaired) electrons. The molecule has 0 saturated carbocycles. The fraction of sp³-hybridized carbons (Fsp3) is 0.160. The Balaban J connectivity index is 1.48. The summed E-state index contributed by atoms with van der Waals surface area (Å²) >= 11 is 12.2. The Morgan fingerprint density at radius 3 is 2.44 bits per heavy atom. The van der Waals surface area contributed by atoms with E-state index >= 15 is 0 Å². The Morgan fingerprint density at radius 2 is 1.77 bits per heavy atom. The van der Waals surface area contributed by atoms with E-state index in [1.165, 1.54) is 46.9 Å². The van der Waals surface area contributed by atoms with Crippen molar-refractivity contribution in [2.75, 3.05) is 23.7 Å². The molecule has 0 spiro atoms. The van der Waals surface area contributed by atoms with Gasteiger partial charge in [0.1, 0.15) is 0 Å². The number of halogens is 2. The van der Waals surface area contributed by atoms with Crippen molar-refractivity contribution < 1.29 is 22.8 Å². The molecule has 1 saturated heterocycles. The van der Waals surface area contributed by atoms with Crippen LogP contribution in [0.5, 0.6) is 0 Å². The number of H-pyrrole nitrogens is 1. The summed E-state index contributed by atoms with van der Waals surface area (Å²) in [7, 11) is -3.89. The summed E-state index contributed by atoms with van der Waals surface area (Å²) in [5, 5.41) is 11.8. The second-order valence-corrected chi connectivity index (χ2v) is 11.1. The zero-order valence-corrected chi connectivity index (χ0v) is 22.6. The van der Waals surface area contributed by atoms with Gasteiger partial charge in [0.05, 0.1) is 32.7 Å². The maximum absolute atomic E-state index is 13.2. The topological polar surface area (TPSA) is 154 Å². The summed E-state index contributed by atoms with van der Waals surface area (Å²) in [6.07, 6.45) is 3.28. The first kappa shape index (κ1) is 28.2. The lowest BCUT2D eigenvalue weighted by Gasteiger charge is -2.27. The van der Waals surface area contributed by atoms with E-state index in [4.69, 9.17) is 23.2 Å². The fourth-order valence-corrected chi connectivity index (χ4v) is 5.85. The number of amides is 3. The van der Waals surface area contributed by atoms with E-state index in [9.17, 15) is 22.8 Å². The van der Waals surface area contributed by atoms with E-state index < -0.39 is 27.7 Å². The van der Waals surface area contributed by atoms with Gasteiger partial charge in [-0.25, -0.2) is 13.4 Å². The molecule has 0 atom stereocenters. The molecule has 1 aromatic heterocycles. The van der Waals surface area contributed by atoms with Gasteiger partial charge in [0.2, 0.25) is 15.9 Å². The molecule has 3 aromatic rings. The number of hydrogen-bond donors (Lipinski definition) is 3. The van der Waals surface area contributed by atoms with Gasteiger partial charge >= 0.3 is 0 Å². The zero-order valence-electron chi connectivity index (χ0n) is 20.3. The minimum absolute atomic E-state index is 0.0298. The van der Waals surface area contributed by atoms with Crippen molar-refractivity contribution >= 4 is 68.0 Å². The number of anilines is 2. The van der Waals surface area contributed by atoms with Gasteiger partial charge in [-0.2, -0.15) is 9.40 Å². The maximum atomic E-state index is 13.2. The van der Waals surface area contributed by atoms with Crippen molar-refractivity contribution in [3.05, 3.63) is 82.6 Å². The minimum Gasteiger partial charge on any atom is -0.323 e. The highest BCUT2D eigenvalue weighted by Crippen LogP contribution is 2.26. The van der Waals surface area contributed by atoms with Gasteiger partial charge in [0, 0.05) is 24.1 Å². The van der Waals surface area contributed by atoms with E-state index in [1.807, 2.05) is 0 Å². The van der Waals surface area contributed by atoms with Gasteiger partial charge in [-0.3, -0.25) is 19.5 Å². The second kappa shape index (κ2) is 11.9. The lowest BCUT2D eigenvalue weighted by Crippen LogP contribution is -2.40. The predicted molar refractivity (Wildman–Crippen MR) is 148 cm³/mol. The highest BCUT2D eigenvalue weighted by molar-refractivity contribution is 7.89. The summed E-state index contributed by atoms with van der Waals surface area (Å²) < 4.78 is 27.6. The summed E-state index contributed by atoms with van der Waals surface area (Å²) in [5.41, 5.74) is 0.713.